The monoisotopic (exact) mass is 277 g/mol. The number of imidazole rings is 1. The molecule has 0 saturated heterocycles. The van der Waals surface area contributed by atoms with Gasteiger partial charge in [-0.25, -0.2) is 4.98 Å². The Labute approximate surface area is 124 Å². The van der Waals surface area contributed by atoms with E-state index in [9.17, 15) is 0 Å². The molecule has 0 bridgehead atoms. The van der Waals surface area contributed by atoms with Crippen LogP contribution < -0.4 is 5.73 Å². The lowest BCUT2D eigenvalue weighted by atomic mass is 9.90. The largest absolute Gasteiger partial charge is 0.384 e. The van der Waals surface area contributed by atoms with Gasteiger partial charge in [0.1, 0.15) is 11.6 Å². The van der Waals surface area contributed by atoms with Crippen LogP contribution in [-0.4, -0.2) is 9.55 Å². The van der Waals surface area contributed by atoms with E-state index in [1.54, 1.807) is 0 Å². The van der Waals surface area contributed by atoms with Crippen molar-refractivity contribution in [2.75, 3.05) is 5.73 Å². The Morgan fingerprint density at radius 3 is 2.10 bits per heavy atom. The molecule has 2 rings (SSSR count). The second-order valence-electron chi connectivity index (χ2n) is 8.53. The van der Waals surface area contributed by atoms with Crippen LogP contribution in [0, 0.1) is 5.41 Å². The van der Waals surface area contributed by atoms with Gasteiger partial charge in [0.25, 0.3) is 0 Å². The number of anilines is 1. The molecule has 0 radical (unpaired) electrons. The minimum atomic E-state index is 0.00510. The Hall–Kier alpha value is -0.990. The molecule has 1 fully saturated rings. The van der Waals surface area contributed by atoms with E-state index < -0.39 is 0 Å². The molecule has 1 aromatic rings. The molecular weight excluding hydrogens is 246 g/mol. The summed E-state index contributed by atoms with van der Waals surface area (Å²) in [6, 6.07) is 0. The maximum atomic E-state index is 6.47. The van der Waals surface area contributed by atoms with Gasteiger partial charge in [-0.05, 0) is 45.4 Å². The third kappa shape index (κ3) is 3.18. The molecule has 0 amide bonds. The first kappa shape index (κ1) is 15.4. The molecule has 0 unspecified atom stereocenters. The van der Waals surface area contributed by atoms with Crippen LogP contribution in [0.4, 0.5) is 5.82 Å². The topological polar surface area (TPSA) is 43.8 Å². The number of aromatic nitrogens is 2. The fraction of sp³-hybridized carbons (Fsp3) is 0.824. The normalized spacial score (nSPS) is 17.9. The number of nitrogens with zero attached hydrogens (tertiary/aromatic N) is 2. The van der Waals surface area contributed by atoms with Gasteiger partial charge in [-0.2, -0.15) is 0 Å². The lowest BCUT2D eigenvalue weighted by Crippen LogP contribution is -2.26. The average molecular weight is 277 g/mol. The van der Waals surface area contributed by atoms with Crippen molar-refractivity contribution in [3.05, 3.63) is 11.5 Å². The molecule has 20 heavy (non-hydrogen) atoms. The minimum Gasteiger partial charge on any atom is -0.384 e. The second kappa shape index (κ2) is 5.09. The van der Waals surface area contributed by atoms with Crippen molar-refractivity contribution in [3.63, 3.8) is 0 Å². The highest BCUT2D eigenvalue weighted by molar-refractivity contribution is 5.41. The zero-order chi connectivity index (χ0) is 15.1. The molecule has 1 aromatic heterocycles. The third-order valence-corrected chi connectivity index (χ3v) is 4.10. The summed E-state index contributed by atoms with van der Waals surface area (Å²) in [5, 5.41) is 0. The predicted molar refractivity (Wildman–Crippen MR) is 86.0 cm³/mol. The van der Waals surface area contributed by atoms with Crippen molar-refractivity contribution in [3.8, 4) is 0 Å². The molecule has 1 aliphatic rings. The first-order chi connectivity index (χ1) is 9.09. The van der Waals surface area contributed by atoms with Crippen LogP contribution in [-0.2, 0) is 12.0 Å². The summed E-state index contributed by atoms with van der Waals surface area (Å²) >= 11 is 0. The van der Waals surface area contributed by atoms with Crippen molar-refractivity contribution in [2.24, 2.45) is 5.41 Å². The molecule has 0 atom stereocenters. The van der Waals surface area contributed by atoms with Gasteiger partial charge in [-0.3, -0.25) is 0 Å². The Balaban J connectivity index is 2.46. The van der Waals surface area contributed by atoms with E-state index in [1.165, 1.54) is 31.5 Å². The van der Waals surface area contributed by atoms with Crippen molar-refractivity contribution < 1.29 is 0 Å². The number of nitrogens with two attached hydrogens (primary N) is 1. The number of hydrogen-bond acceptors (Lipinski definition) is 2. The van der Waals surface area contributed by atoms with Gasteiger partial charge in [-0.1, -0.05) is 33.6 Å². The molecule has 114 valence electrons. The van der Waals surface area contributed by atoms with Crippen molar-refractivity contribution in [1.82, 2.24) is 9.55 Å². The number of rotatable bonds is 2. The smallest absolute Gasteiger partial charge is 0.127 e. The van der Waals surface area contributed by atoms with Crippen LogP contribution in [0.1, 0.15) is 84.7 Å². The Bertz CT molecular complexity index is 466. The molecule has 1 heterocycles. The highest BCUT2D eigenvalue weighted by atomic mass is 15.2. The molecule has 1 aliphatic carbocycles. The lowest BCUT2D eigenvalue weighted by molar-refractivity contribution is 0.376. The SMILES string of the molecule is CC(C)(C)Cc1nc(C2CCCC2)n(C(C)(C)C)c1N. The Morgan fingerprint density at radius 2 is 1.65 bits per heavy atom. The van der Waals surface area contributed by atoms with Crippen LogP contribution in [0.5, 0.6) is 0 Å². The fourth-order valence-electron chi connectivity index (χ4n) is 3.29. The van der Waals surface area contributed by atoms with E-state index in [2.05, 4.69) is 46.1 Å². The first-order valence-electron chi connectivity index (χ1n) is 7.97. The van der Waals surface area contributed by atoms with Crippen molar-refractivity contribution in [2.45, 2.75) is 85.1 Å². The molecule has 0 aliphatic heterocycles. The summed E-state index contributed by atoms with van der Waals surface area (Å²) in [7, 11) is 0. The van der Waals surface area contributed by atoms with Gasteiger partial charge < -0.3 is 10.3 Å². The van der Waals surface area contributed by atoms with E-state index in [0.717, 1.165) is 17.9 Å². The second-order valence-corrected chi connectivity index (χ2v) is 8.53. The summed E-state index contributed by atoms with van der Waals surface area (Å²) in [4.78, 5) is 4.98. The van der Waals surface area contributed by atoms with E-state index in [4.69, 9.17) is 10.7 Å². The molecule has 3 heteroatoms. The predicted octanol–water partition coefficient (Wildman–Crippen LogP) is 4.47. The molecule has 0 spiro atoms. The molecule has 0 aromatic carbocycles. The van der Waals surface area contributed by atoms with Crippen LogP contribution in [0.15, 0.2) is 0 Å². The Kier molecular flexibility index (Phi) is 3.92. The average Bonchev–Trinajstić information content (AvgIpc) is 2.83. The maximum absolute atomic E-state index is 6.47. The Morgan fingerprint density at radius 1 is 1.10 bits per heavy atom. The fourth-order valence-corrected chi connectivity index (χ4v) is 3.29. The van der Waals surface area contributed by atoms with Gasteiger partial charge in [0.2, 0.25) is 0 Å². The third-order valence-electron chi connectivity index (χ3n) is 4.10. The zero-order valence-electron chi connectivity index (χ0n) is 14.1. The number of hydrogen-bond donors (Lipinski definition) is 1. The van der Waals surface area contributed by atoms with Gasteiger partial charge in [-0.15, -0.1) is 0 Å². The lowest BCUT2D eigenvalue weighted by Gasteiger charge is -2.27. The van der Waals surface area contributed by atoms with Gasteiger partial charge in [0.05, 0.1) is 5.69 Å². The van der Waals surface area contributed by atoms with Crippen molar-refractivity contribution in [1.29, 1.82) is 0 Å². The quantitative estimate of drug-likeness (QED) is 0.867. The van der Waals surface area contributed by atoms with Crippen LogP contribution in [0.2, 0.25) is 0 Å². The summed E-state index contributed by atoms with van der Waals surface area (Å²) in [6.45, 7) is 13.4. The van der Waals surface area contributed by atoms with Gasteiger partial charge in [0, 0.05) is 11.5 Å². The summed E-state index contributed by atoms with van der Waals surface area (Å²) in [5.74, 6) is 2.71. The van der Waals surface area contributed by atoms with Gasteiger partial charge in [0.15, 0.2) is 0 Å². The van der Waals surface area contributed by atoms with Gasteiger partial charge >= 0.3 is 0 Å². The first-order valence-corrected chi connectivity index (χ1v) is 7.97. The molecule has 3 nitrogen and oxygen atoms in total. The van der Waals surface area contributed by atoms with Crippen LogP contribution in [0.3, 0.4) is 0 Å². The van der Waals surface area contributed by atoms with Crippen LogP contribution in [0.25, 0.3) is 0 Å². The number of nitrogen functional groups attached to an aromatic ring is 1. The zero-order valence-corrected chi connectivity index (χ0v) is 14.1. The van der Waals surface area contributed by atoms with E-state index in [1.807, 2.05) is 0 Å². The van der Waals surface area contributed by atoms with E-state index >= 15 is 0 Å². The van der Waals surface area contributed by atoms with E-state index in [0.29, 0.717) is 5.92 Å². The summed E-state index contributed by atoms with van der Waals surface area (Å²) < 4.78 is 2.30. The molecule has 2 N–H and O–H groups in total. The van der Waals surface area contributed by atoms with E-state index in [-0.39, 0.29) is 11.0 Å². The summed E-state index contributed by atoms with van der Waals surface area (Å²) in [6.07, 6.45) is 6.14. The van der Waals surface area contributed by atoms with Crippen LogP contribution >= 0.6 is 0 Å². The van der Waals surface area contributed by atoms with Crippen molar-refractivity contribution >= 4 is 5.82 Å². The molecule has 1 saturated carbocycles. The highest BCUT2D eigenvalue weighted by Gasteiger charge is 2.31. The standard InChI is InChI=1S/C17H31N3/c1-16(2,3)11-13-14(18)20(17(4,5)6)15(19-13)12-9-7-8-10-12/h12H,7-11,18H2,1-6H3. The highest BCUT2D eigenvalue weighted by Crippen LogP contribution is 2.38. The summed E-state index contributed by atoms with van der Waals surface area (Å²) in [5.41, 5.74) is 7.78. The maximum Gasteiger partial charge on any atom is 0.127 e. The minimum absolute atomic E-state index is 0.00510. The molecular formula is C17H31N3.